The minimum absolute atomic E-state index is 0.0363. The first-order chi connectivity index (χ1) is 14.8. The topological polar surface area (TPSA) is 105 Å². The zero-order chi connectivity index (χ0) is 22.1. The molecule has 8 nitrogen and oxygen atoms in total. The molecule has 1 atom stereocenters. The third-order valence-corrected chi connectivity index (χ3v) is 5.20. The number of amides is 3. The van der Waals surface area contributed by atoms with Crippen molar-refractivity contribution in [3.8, 4) is 11.3 Å². The van der Waals surface area contributed by atoms with Gasteiger partial charge in [0.2, 0.25) is 17.7 Å². The Morgan fingerprint density at radius 1 is 1.13 bits per heavy atom. The van der Waals surface area contributed by atoms with Crippen LogP contribution in [0.5, 0.6) is 0 Å². The second-order valence-corrected chi connectivity index (χ2v) is 7.73. The zero-order valence-electron chi connectivity index (χ0n) is 16.9. The highest BCUT2D eigenvalue weighted by molar-refractivity contribution is 6.30. The average molecular weight is 438 g/mol. The standard InChI is InChI=1S/C22H20ClN5O3/c1-12-20(14-6-8-15(23)9-7-14)27-28-18(11-19(30)26-21(12)28)22(31)25-17-5-3-4-16(10-17)24-13(2)29/h3-10,18H,11H2,1-2H3,(H,24,29)(H,25,31)(H,26,30)/t18-/m0/s1. The van der Waals surface area contributed by atoms with Crippen molar-refractivity contribution < 1.29 is 14.4 Å². The fourth-order valence-corrected chi connectivity index (χ4v) is 3.65. The van der Waals surface area contributed by atoms with Gasteiger partial charge in [-0.25, -0.2) is 4.68 Å². The highest BCUT2D eigenvalue weighted by atomic mass is 35.5. The number of hydrogen-bond donors (Lipinski definition) is 3. The largest absolute Gasteiger partial charge is 0.326 e. The van der Waals surface area contributed by atoms with E-state index in [-0.39, 0.29) is 24.1 Å². The van der Waals surface area contributed by atoms with E-state index in [1.54, 1.807) is 41.1 Å². The number of hydrogen-bond acceptors (Lipinski definition) is 4. The van der Waals surface area contributed by atoms with Crippen LogP contribution in [0.15, 0.2) is 48.5 Å². The molecule has 2 aromatic carbocycles. The fourth-order valence-electron chi connectivity index (χ4n) is 3.53. The number of carbonyl (C=O) groups is 3. The van der Waals surface area contributed by atoms with Gasteiger partial charge in [-0.15, -0.1) is 0 Å². The molecule has 158 valence electrons. The number of nitrogens with one attached hydrogen (secondary N) is 3. The first-order valence-electron chi connectivity index (χ1n) is 9.65. The van der Waals surface area contributed by atoms with E-state index < -0.39 is 6.04 Å². The van der Waals surface area contributed by atoms with E-state index in [0.29, 0.717) is 27.9 Å². The lowest BCUT2D eigenvalue weighted by molar-refractivity contribution is -0.125. The van der Waals surface area contributed by atoms with Gasteiger partial charge in [0.25, 0.3) is 0 Å². The van der Waals surface area contributed by atoms with Gasteiger partial charge in [-0.2, -0.15) is 5.10 Å². The molecule has 0 saturated carbocycles. The van der Waals surface area contributed by atoms with Crippen LogP contribution in [-0.2, 0) is 14.4 Å². The Hall–Kier alpha value is -3.65. The number of rotatable bonds is 4. The van der Waals surface area contributed by atoms with Gasteiger partial charge in [0.1, 0.15) is 11.9 Å². The molecule has 1 aliphatic heterocycles. The van der Waals surface area contributed by atoms with Gasteiger partial charge in [0.15, 0.2) is 0 Å². The average Bonchev–Trinajstić information content (AvgIpc) is 3.04. The Bertz CT molecular complexity index is 1190. The molecule has 0 aliphatic carbocycles. The number of carbonyl (C=O) groups excluding carboxylic acids is 3. The Kier molecular flexibility index (Phi) is 5.48. The van der Waals surface area contributed by atoms with E-state index in [9.17, 15) is 14.4 Å². The van der Waals surface area contributed by atoms with Crippen molar-refractivity contribution in [1.82, 2.24) is 9.78 Å². The van der Waals surface area contributed by atoms with Crippen LogP contribution in [0, 0.1) is 6.92 Å². The molecule has 3 amide bonds. The molecular weight excluding hydrogens is 418 g/mol. The van der Waals surface area contributed by atoms with Crippen LogP contribution in [0.3, 0.4) is 0 Å². The van der Waals surface area contributed by atoms with Crippen LogP contribution < -0.4 is 16.0 Å². The minimum Gasteiger partial charge on any atom is -0.326 e. The summed E-state index contributed by atoms with van der Waals surface area (Å²) in [6.45, 7) is 3.26. The van der Waals surface area contributed by atoms with Gasteiger partial charge >= 0.3 is 0 Å². The molecule has 0 bridgehead atoms. The molecule has 3 N–H and O–H groups in total. The quantitative estimate of drug-likeness (QED) is 0.573. The summed E-state index contributed by atoms with van der Waals surface area (Å²) in [5.74, 6) is -0.348. The van der Waals surface area contributed by atoms with E-state index in [1.165, 1.54) is 6.92 Å². The van der Waals surface area contributed by atoms with Crippen molar-refractivity contribution >= 4 is 46.5 Å². The number of nitrogens with zero attached hydrogens (tertiary/aromatic N) is 2. The van der Waals surface area contributed by atoms with Crippen LogP contribution >= 0.6 is 11.6 Å². The molecule has 9 heteroatoms. The molecule has 0 saturated heterocycles. The summed E-state index contributed by atoms with van der Waals surface area (Å²) in [6, 6.07) is 13.2. The molecule has 0 spiro atoms. The van der Waals surface area contributed by atoms with Crippen LogP contribution in [0.2, 0.25) is 5.02 Å². The smallest absolute Gasteiger partial charge is 0.249 e. The minimum atomic E-state index is -0.812. The molecule has 1 aliphatic rings. The molecule has 0 unspecified atom stereocenters. The molecule has 2 heterocycles. The number of fused-ring (bicyclic) bond motifs is 1. The first-order valence-corrected chi connectivity index (χ1v) is 10.0. The molecule has 4 rings (SSSR count). The first kappa shape index (κ1) is 20.6. The lowest BCUT2D eigenvalue weighted by Crippen LogP contribution is -2.35. The second-order valence-electron chi connectivity index (χ2n) is 7.29. The van der Waals surface area contributed by atoms with Gasteiger partial charge in [0.05, 0.1) is 12.1 Å². The summed E-state index contributed by atoms with van der Waals surface area (Å²) in [4.78, 5) is 36.6. The summed E-state index contributed by atoms with van der Waals surface area (Å²) in [5.41, 5.74) is 3.33. The summed E-state index contributed by atoms with van der Waals surface area (Å²) >= 11 is 5.98. The second kappa shape index (κ2) is 8.23. The maximum absolute atomic E-state index is 13.1. The van der Waals surface area contributed by atoms with E-state index in [1.807, 2.05) is 19.1 Å². The molecule has 0 radical (unpaired) electrons. The number of benzene rings is 2. The number of aromatic nitrogens is 2. The molecule has 1 aromatic heterocycles. The predicted molar refractivity (Wildman–Crippen MR) is 119 cm³/mol. The van der Waals surface area contributed by atoms with Crippen molar-refractivity contribution in [2.45, 2.75) is 26.3 Å². The van der Waals surface area contributed by atoms with Gasteiger partial charge in [-0.05, 0) is 37.3 Å². The maximum atomic E-state index is 13.1. The van der Waals surface area contributed by atoms with Crippen molar-refractivity contribution in [3.05, 3.63) is 59.1 Å². The number of anilines is 3. The van der Waals surface area contributed by atoms with Crippen LogP contribution in [0.1, 0.15) is 24.9 Å². The Labute approximate surface area is 183 Å². The van der Waals surface area contributed by atoms with E-state index in [4.69, 9.17) is 11.6 Å². The van der Waals surface area contributed by atoms with Gasteiger partial charge in [-0.1, -0.05) is 29.8 Å². The highest BCUT2D eigenvalue weighted by Crippen LogP contribution is 2.35. The van der Waals surface area contributed by atoms with Crippen molar-refractivity contribution in [2.75, 3.05) is 16.0 Å². The van der Waals surface area contributed by atoms with Crippen molar-refractivity contribution in [1.29, 1.82) is 0 Å². The molecule has 0 fully saturated rings. The molecular formula is C22H20ClN5O3. The van der Waals surface area contributed by atoms with E-state index in [2.05, 4.69) is 21.0 Å². The lowest BCUT2D eigenvalue weighted by atomic mass is 10.1. The van der Waals surface area contributed by atoms with Crippen molar-refractivity contribution in [3.63, 3.8) is 0 Å². The third kappa shape index (κ3) is 4.29. The summed E-state index contributed by atoms with van der Waals surface area (Å²) in [5, 5.41) is 13.5. The summed E-state index contributed by atoms with van der Waals surface area (Å²) in [6.07, 6.45) is -0.0363. The third-order valence-electron chi connectivity index (χ3n) is 4.95. The van der Waals surface area contributed by atoms with Crippen LogP contribution in [0.4, 0.5) is 17.2 Å². The normalized spacial score (nSPS) is 15.1. The Balaban J connectivity index is 1.64. The lowest BCUT2D eigenvalue weighted by Gasteiger charge is -2.24. The predicted octanol–water partition coefficient (Wildman–Crippen LogP) is 3.99. The van der Waals surface area contributed by atoms with Crippen molar-refractivity contribution in [2.24, 2.45) is 0 Å². The van der Waals surface area contributed by atoms with Gasteiger partial charge < -0.3 is 16.0 Å². The monoisotopic (exact) mass is 437 g/mol. The highest BCUT2D eigenvalue weighted by Gasteiger charge is 2.34. The Morgan fingerprint density at radius 2 is 1.81 bits per heavy atom. The zero-order valence-corrected chi connectivity index (χ0v) is 17.7. The van der Waals surface area contributed by atoms with Gasteiger partial charge in [0, 0.05) is 34.4 Å². The SMILES string of the molecule is CC(=O)Nc1cccc(NC(=O)[C@@H]2CC(=O)Nc3c(C)c(-c4ccc(Cl)cc4)nn32)c1. The van der Waals surface area contributed by atoms with Crippen LogP contribution in [0.25, 0.3) is 11.3 Å². The fraction of sp³-hybridized carbons (Fsp3) is 0.182. The van der Waals surface area contributed by atoms with Gasteiger partial charge in [-0.3, -0.25) is 14.4 Å². The summed E-state index contributed by atoms with van der Waals surface area (Å²) < 4.78 is 1.55. The summed E-state index contributed by atoms with van der Waals surface area (Å²) in [7, 11) is 0. The maximum Gasteiger partial charge on any atom is 0.249 e. The molecule has 31 heavy (non-hydrogen) atoms. The Morgan fingerprint density at radius 3 is 2.48 bits per heavy atom. The number of halogens is 1. The van der Waals surface area contributed by atoms with Crippen LogP contribution in [-0.4, -0.2) is 27.5 Å². The van der Waals surface area contributed by atoms with E-state index >= 15 is 0 Å². The van der Waals surface area contributed by atoms with E-state index in [0.717, 1.165) is 11.1 Å². The molecule has 3 aromatic rings.